The van der Waals surface area contributed by atoms with Gasteiger partial charge in [0.2, 0.25) is 5.82 Å². The van der Waals surface area contributed by atoms with E-state index in [0.29, 0.717) is 4.57 Å². The summed E-state index contributed by atoms with van der Waals surface area (Å²) >= 11 is 5.34. The van der Waals surface area contributed by atoms with E-state index in [4.69, 9.17) is 11.6 Å². The zero-order valence-electron chi connectivity index (χ0n) is 10.0. The van der Waals surface area contributed by atoms with Gasteiger partial charge in [-0.15, -0.1) is 0 Å². The Labute approximate surface area is 115 Å². The van der Waals surface area contributed by atoms with Crippen LogP contribution in [0.25, 0.3) is 5.69 Å². The molecule has 2 rings (SSSR count). The number of hydrogen-bond acceptors (Lipinski definition) is 4. The van der Waals surface area contributed by atoms with Crippen molar-refractivity contribution in [3.05, 3.63) is 65.7 Å². The second-order valence-corrected chi connectivity index (χ2v) is 4.30. The number of rotatable bonds is 2. The normalized spacial score (nSPS) is 10.6. The minimum Gasteiger partial charge on any atom is -0.295 e. The Morgan fingerprint density at radius 1 is 1.40 bits per heavy atom. The number of hydrogen-bond donors (Lipinski definition) is 1. The van der Waals surface area contributed by atoms with Gasteiger partial charge in [-0.1, -0.05) is 11.6 Å². The number of aryl methyl sites for hydroxylation is 1. The quantitative estimate of drug-likeness (QED) is 0.516. The predicted octanol–water partition coefficient (Wildman–Crippen LogP) is 1.53. The fourth-order valence-electron chi connectivity index (χ4n) is 1.71. The molecule has 1 N–H and O–H groups in total. The van der Waals surface area contributed by atoms with E-state index in [-0.39, 0.29) is 16.9 Å². The van der Waals surface area contributed by atoms with Crippen molar-refractivity contribution >= 4 is 17.3 Å². The van der Waals surface area contributed by atoms with Gasteiger partial charge in [-0.25, -0.2) is 9.36 Å². The first-order valence-electron chi connectivity index (χ1n) is 5.28. The molecule has 0 saturated carbocycles. The van der Waals surface area contributed by atoms with Gasteiger partial charge in [-0.2, -0.15) is 4.39 Å². The van der Waals surface area contributed by atoms with Gasteiger partial charge in [0.15, 0.2) is 5.15 Å². The van der Waals surface area contributed by atoms with Crippen molar-refractivity contribution in [3.63, 3.8) is 0 Å². The van der Waals surface area contributed by atoms with Crippen molar-refractivity contribution in [2.75, 3.05) is 0 Å². The first kappa shape index (κ1) is 13.9. The van der Waals surface area contributed by atoms with Crippen molar-refractivity contribution in [2.45, 2.75) is 6.92 Å². The number of nitrogens with one attached hydrogen (secondary N) is 1. The van der Waals surface area contributed by atoms with E-state index >= 15 is 0 Å². The molecular weight excluding hydrogens is 293 g/mol. The van der Waals surface area contributed by atoms with Crippen molar-refractivity contribution in [2.24, 2.45) is 0 Å². The summed E-state index contributed by atoms with van der Waals surface area (Å²) < 4.78 is 13.9. The van der Waals surface area contributed by atoms with Crippen LogP contribution in [0.3, 0.4) is 0 Å². The largest absolute Gasteiger partial charge is 0.334 e. The molecule has 0 spiro atoms. The first-order chi connectivity index (χ1) is 9.32. The number of halogens is 2. The summed E-state index contributed by atoms with van der Waals surface area (Å²) in [6.45, 7) is 1.44. The predicted molar refractivity (Wildman–Crippen MR) is 69.0 cm³/mol. The van der Waals surface area contributed by atoms with Gasteiger partial charge in [0.05, 0.1) is 10.6 Å². The molecule has 1 heterocycles. The molecule has 0 radical (unpaired) electrons. The molecule has 0 aliphatic heterocycles. The molecule has 1 aromatic heterocycles. The van der Waals surface area contributed by atoms with E-state index in [1.165, 1.54) is 19.1 Å². The number of nitrogens with zero attached hydrogens (tertiary/aromatic N) is 2. The molecular formula is C11H7ClFN3O4. The fraction of sp³-hybridized carbons (Fsp3) is 0.0909. The number of H-pyrrole nitrogens is 1. The van der Waals surface area contributed by atoms with Gasteiger partial charge >= 0.3 is 5.69 Å². The van der Waals surface area contributed by atoms with Crippen molar-refractivity contribution < 1.29 is 9.31 Å². The first-order valence-corrected chi connectivity index (χ1v) is 5.66. The number of nitro benzene ring substituents is 1. The van der Waals surface area contributed by atoms with Gasteiger partial charge in [0, 0.05) is 11.6 Å². The Bertz CT molecular complexity index is 827. The van der Waals surface area contributed by atoms with Crippen LogP contribution in [0.5, 0.6) is 0 Å². The summed E-state index contributed by atoms with van der Waals surface area (Å²) in [5, 5.41) is 10.0. The molecule has 0 aliphatic rings. The summed E-state index contributed by atoms with van der Waals surface area (Å²) in [6, 6.07) is 3.54. The molecule has 2 aromatic rings. The van der Waals surface area contributed by atoms with Crippen LogP contribution in [0.4, 0.5) is 10.1 Å². The summed E-state index contributed by atoms with van der Waals surface area (Å²) in [7, 11) is 0. The lowest BCUT2D eigenvalue weighted by Gasteiger charge is -2.06. The molecule has 1 aromatic carbocycles. The van der Waals surface area contributed by atoms with Gasteiger partial charge in [-0.05, 0) is 19.1 Å². The molecule has 0 aliphatic carbocycles. The maximum Gasteiger partial charge on any atom is 0.334 e. The van der Waals surface area contributed by atoms with Gasteiger partial charge in [0.1, 0.15) is 0 Å². The topological polar surface area (TPSA) is 98.0 Å². The molecule has 0 saturated heterocycles. The van der Waals surface area contributed by atoms with Crippen LogP contribution in [0.2, 0.25) is 5.15 Å². The molecule has 20 heavy (non-hydrogen) atoms. The fourth-order valence-corrected chi connectivity index (χ4v) is 1.87. The van der Waals surface area contributed by atoms with Crippen LogP contribution in [-0.4, -0.2) is 14.5 Å². The minimum atomic E-state index is -1.30. The highest BCUT2D eigenvalue weighted by Crippen LogP contribution is 2.19. The average Bonchev–Trinajstić information content (AvgIpc) is 2.36. The number of benzene rings is 1. The summed E-state index contributed by atoms with van der Waals surface area (Å²) in [6.07, 6.45) is 0. The van der Waals surface area contributed by atoms with Crippen LogP contribution < -0.4 is 11.2 Å². The van der Waals surface area contributed by atoms with E-state index < -0.39 is 27.1 Å². The van der Waals surface area contributed by atoms with Crippen molar-refractivity contribution in [3.8, 4) is 5.69 Å². The third-order valence-corrected chi connectivity index (χ3v) is 2.90. The second kappa shape index (κ2) is 4.89. The van der Waals surface area contributed by atoms with Gasteiger partial charge in [-0.3, -0.25) is 19.9 Å². The van der Waals surface area contributed by atoms with Crippen LogP contribution in [-0.2, 0) is 0 Å². The highest BCUT2D eigenvalue weighted by atomic mass is 35.5. The maximum absolute atomic E-state index is 13.4. The van der Waals surface area contributed by atoms with Crippen LogP contribution in [0.1, 0.15) is 5.56 Å². The van der Waals surface area contributed by atoms with E-state index in [1.54, 1.807) is 0 Å². The molecule has 0 unspecified atom stereocenters. The Balaban J connectivity index is 2.74. The third-order valence-electron chi connectivity index (χ3n) is 2.64. The highest BCUT2D eigenvalue weighted by molar-refractivity contribution is 6.29. The highest BCUT2D eigenvalue weighted by Gasteiger charge is 2.16. The maximum atomic E-state index is 13.4. The van der Waals surface area contributed by atoms with E-state index in [1.807, 2.05) is 4.98 Å². The molecule has 0 atom stereocenters. The van der Waals surface area contributed by atoms with Crippen LogP contribution >= 0.6 is 11.6 Å². The van der Waals surface area contributed by atoms with Crippen molar-refractivity contribution in [1.29, 1.82) is 0 Å². The Hall–Kier alpha value is -2.48. The van der Waals surface area contributed by atoms with E-state index in [0.717, 1.165) is 6.07 Å². The lowest BCUT2D eigenvalue weighted by Crippen LogP contribution is -2.35. The summed E-state index contributed by atoms with van der Waals surface area (Å²) in [4.78, 5) is 35.4. The second-order valence-electron chi connectivity index (χ2n) is 3.93. The SMILES string of the molecule is Cc1cc(-n2c(=O)[nH]c(Cl)c(F)c2=O)ccc1[N+](=O)[O-]. The zero-order chi connectivity index (χ0) is 15.0. The average molecular weight is 300 g/mol. The third kappa shape index (κ3) is 2.21. The Morgan fingerprint density at radius 2 is 2.05 bits per heavy atom. The van der Waals surface area contributed by atoms with E-state index in [9.17, 15) is 24.1 Å². The number of aromatic nitrogens is 2. The smallest absolute Gasteiger partial charge is 0.295 e. The van der Waals surface area contributed by atoms with Crippen molar-refractivity contribution in [1.82, 2.24) is 9.55 Å². The van der Waals surface area contributed by atoms with Gasteiger partial charge in [0.25, 0.3) is 11.2 Å². The standard InChI is InChI=1S/C11H7ClFN3O4/c1-5-4-6(2-3-7(5)16(19)20)15-10(17)8(13)9(12)14-11(15)18/h2-4H,1H3,(H,14,18). The van der Waals surface area contributed by atoms with Crippen LogP contribution in [0, 0.1) is 22.9 Å². The Kier molecular flexibility index (Phi) is 3.41. The van der Waals surface area contributed by atoms with Crippen LogP contribution in [0.15, 0.2) is 27.8 Å². The molecule has 7 nitrogen and oxygen atoms in total. The van der Waals surface area contributed by atoms with Gasteiger partial charge < -0.3 is 0 Å². The lowest BCUT2D eigenvalue weighted by molar-refractivity contribution is -0.385. The summed E-state index contributed by atoms with van der Waals surface area (Å²) in [5.74, 6) is -1.30. The minimum absolute atomic E-state index is 0.00918. The summed E-state index contributed by atoms with van der Waals surface area (Å²) in [5.41, 5.74) is -2.10. The monoisotopic (exact) mass is 299 g/mol. The lowest BCUT2D eigenvalue weighted by atomic mass is 10.2. The molecule has 0 fully saturated rings. The number of nitro groups is 1. The molecule has 104 valence electrons. The number of aromatic amines is 1. The molecule has 0 bridgehead atoms. The zero-order valence-corrected chi connectivity index (χ0v) is 10.8. The Morgan fingerprint density at radius 3 is 2.60 bits per heavy atom. The van der Waals surface area contributed by atoms with E-state index in [2.05, 4.69) is 0 Å². The molecule has 0 amide bonds. The molecule has 9 heteroatoms.